The predicted molar refractivity (Wildman–Crippen MR) is 78.6 cm³/mol. The summed E-state index contributed by atoms with van der Waals surface area (Å²) in [5.74, 6) is 5.86. The lowest BCUT2D eigenvalue weighted by atomic mass is 10.2. The van der Waals surface area contributed by atoms with E-state index in [-0.39, 0.29) is 5.56 Å². The fraction of sp³-hybridized carbons (Fsp3) is 0.308. The molecule has 0 fully saturated rings. The number of pyridine rings is 1. The first-order valence-electron chi connectivity index (χ1n) is 6.34. The van der Waals surface area contributed by atoms with Crippen molar-refractivity contribution in [3.8, 4) is 0 Å². The summed E-state index contributed by atoms with van der Waals surface area (Å²) in [6, 6.07) is 5.18. The van der Waals surface area contributed by atoms with Crippen molar-refractivity contribution in [2.45, 2.75) is 13.5 Å². The van der Waals surface area contributed by atoms with Crippen LogP contribution < -0.4 is 21.7 Å². The van der Waals surface area contributed by atoms with Gasteiger partial charge in [0.15, 0.2) is 0 Å². The van der Waals surface area contributed by atoms with Gasteiger partial charge in [-0.15, -0.1) is 0 Å². The Hall–Kier alpha value is -2.41. The molecular weight excluding hydrogens is 256 g/mol. The van der Waals surface area contributed by atoms with E-state index < -0.39 is 0 Å². The van der Waals surface area contributed by atoms with Gasteiger partial charge in [-0.2, -0.15) is 5.10 Å². The van der Waals surface area contributed by atoms with Gasteiger partial charge in [-0.25, -0.2) is 15.5 Å². The maximum absolute atomic E-state index is 12.0. The van der Waals surface area contributed by atoms with Gasteiger partial charge in [0.05, 0.1) is 18.4 Å². The lowest BCUT2D eigenvalue weighted by Gasteiger charge is -2.16. The lowest BCUT2D eigenvalue weighted by molar-refractivity contribution is 0.637. The Labute approximate surface area is 117 Å². The average Bonchev–Trinajstić information content (AvgIpc) is 2.48. The summed E-state index contributed by atoms with van der Waals surface area (Å²) in [5, 5.41) is 4.19. The zero-order chi connectivity index (χ0) is 14.5. The molecule has 0 aromatic carbocycles. The number of rotatable bonds is 5. The van der Waals surface area contributed by atoms with Gasteiger partial charge in [-0.3, -0.25) is 4.79 Å². The van der Waals surface area contributed by atoms with Crippen molar-refractivity contribution >= 4 is 11.5 Å². The van der Waals surface area contributed by atoms with Crippen molar-refractivity contribution in [3.05, 3.63) is 46.5 Å². The molecule has 0 amide bonds. The van der Waals surface area contributed by atoms with Gasteiger partial charge in [0, 0.05) is 25.9 Å². The third kappa shape index (κ3) is 3.12. The summed E-state index contributed by atoms with van der Waals surface area (Å²) in [7, 11) is 1.92. The number of nitrogen functional groups attached to an aromatic ring is 1. The molecule has 7 heteroatoms. The maximum atomic E-state index is 12.0. The summed E-state index contributed by atoms with van der Waals surface area (Å²) in [6.45, 7) is 3.22. The molecule has 0 unspecified atom stereocenters. The highest BCUT2D eigenvalue weighted by Crippen LogP contribution is 2.08. The SMILES string of the molecule is CCN(C)c1cnn(Cc2ccnc(NN)c2)c(=O)c1. The van der Waals surface area contributed by atoms with Crippen LogP contribution in [0.2, 0.25) is 0 Å². The third-order valence-electron chi connectivity index (χ3n) is 3.07. The molecule has 0 saturated carbocycles. The molecule has 0 aliphatic rings. The monoisotopic (exact) mass is 274 g/mol. The van der Waals surface area contributed by atoms with Crippen molar-refractivity contribution < 1.29 is 0 Å². The van der Waals surface area contributed by atoms with Crippen molar-refractivity contribution in [2.24, 2.45) is 5.84 Å². The first-order valence-corrected chi connectivity index (χ1v) is 6.34. The second-order valence-corrected chi connectivity index (χ2v) is 4.42. The second kappa shape index (κ2) is 6.16. The van der Waals surface area contributed by atoms with Gasteiger partial charge in [-0.05, 0) is 24.6 Å². The van der Waals surface area contributed by atoms with Gasteiger partial charge in [0.1, 0.15) is 5.82 Å². The minimum atomic E-state index is -0.137. The van der Waals surface area contributed by atoms with Crippen LogP contribution in [0.3, 0.4) is 0 Å². The van der Waals surface area contributed by atoms with E-state index in [1.807, 2.05) is 24.9 Å². The number of hydrazine groups is 1. The zero-order valence-corrected chi connectivity index (χ0v) is 11.6. The van der Waals surface area contributed by atoms with Crippen LogP contribution in [-0.2, 0) is 6.54 Å². The number of aromatic nitrogens is 3. The highest BCUT2D eigenvalue weighted by Gasteiger charge is 2.04. The van der Waals surface area contributed by atoms with Crippen molar-refractivity contribution in [1.29, 1.82) is 0 Å². The van der Waals surface area contributed by atoms with Crippen LogP contribution >= 0.6 is 0 Å². The number of nitrogens with two attached hydrogens (primary N) is 1. The highest BCUT2D eigenvalue weighted by molar-refractivity contribution is 5.41. The molecule has 0 spiro atoms. The smallest absolute Gasteiger partial charge is 0.269 e. The lowest BCUT2D eigenvalue weighted by Crippen LogP contribution is -2.26. The molecule has 7 nitrogen and oxygen atoms in total. The van der Waals surface area contributed by atoms with Crippen LogP contribution in [0.5, 0.6) is 0 Å². The van der Waals surface area contributed by atoms with Gasteiger partial charge in [-0.1, -0.05) is 0 Å². The van der Waals surface area contributed by atoms with Crippen molar-refractivity contribution in [1.82, 2.24) is 14.8 Å². The van der Waals surface area contributed by atoms with Gasteiger partial charge < -0.3 is 10.3 Å². The molecule has 0 bridgehead atoms. The number of hydrogen-bond acceptors (Lipinski definition) is 6. The number of nitrogens with zero attached hydrogens (tertiary/aromatic N) is 4. The van der Waals surface area contributed by atoms with Crippen LogP contribution in [0.25, 0.3) is 0 Å². The van der Waals surface area contributed by atoms with Crippen molar-refractivity contribution in [3.63, 3.8) is 0 Å². The number of nitrogens with one attached hydrogen (secondary N) is 1. The minimum absolute atomic E-state index is 0.137. The fourth-order valence-corrected chi connectivity index (χ4v) is 1.76. The highest BCUT2D eigenvalue weighted by atomic mass is 16.1. The molecular formula is C13H18N6O. The van der Waals surface area contributed by atoms with Gasteiger partial charge >= 0.3 is 0 Å². The molecule has 0 atom stereocenters. The Kier molecular flexibility index (Phi) is 4.31. The molecule has 0 aliphatic heterocycles. The number of anilines is 2. The first-order chi connectivity index (χ1) is 9.63. The molecule has 0 saturated heterocycles. The van der Waals surface area contributed by atoms with E-state index >= 15 is 0 Å². The zero-order valence-electron chi connectivity index (χ0n) is 11.6. The van der Waals surface area contributed by atoms with Gasteiger partial charge in [0.25, 0.3) is 5.56 Å². The Morgan fingerprint density at radius 3 is 2.90 bits per heavy atom. The Bertz CT molecular complexity index is 639. The normalized spacial score (nSPS) is 10.3. The summed E-state index contributed by atoms with van der Waals surface area (Å²) < 4.78 is 1.41. The molecule has 2 aromatic rings. The van der Waals surface area contributed by atoms with Crippen LogP contribution in [0.15, 0.2) is 35.4 Å². The van der Waals surface area contributed by atoms with Crippen LogP contribution in [-0.4, -0.2) is 28.4 Å². The predicted octanol–water partition coefficient (Wildman–Crippen LogP) is 0.428. The van der Waals surface area contributed by atoms with E-state index in [0.29, 0.717) is 12.4 Å². The molecule has 0 aliphatic carbocycles. The summed E-state index contributed by atoms with van der Waals surface area (Å²) in [6.07, 6.45) is 3.32. The molecule has 106 valence electrons. The summed E-state index contributed by atoms with van der Waals surface area (Å²) in [4.78, 5) is 18.0. The van der Waals surface area contributed by atoms with E-state index in [0.717, 1.165) is 17.8 Å². The minimum Gasteiger partial charge on any atom is -0.373 e. The number of hydrogen-bond donors (Lipinski definition) is 2. The first kappa shape index (κ1) is 14.0. The topological polar surface area (TPSA) is 89.1 Å². The van der Waals surface area contributed by atoms with Crippen LogP contribution in [0.1, 0.15) is 12.5 Å². The van der Waals surface area contributed by atoms with E-state index in [9.17, 15) is 4.79 Å². The third-order valence-corrected chi connectivity index (χ3v) is 3.07. The molecule has 3 N–H and O–H groups in total. The fourth-order valence-electron chi connectivity index (χ4n) is 1.76. The summed E-state index contributed by atoms with van der Waals surface area (Å²) >= 11 is 0. The Morgan fingerprint density at radius 1 is 1.45 bits per heavy atom. The molecule has 20 heavy (non-hydrogen) atoms. The average molecular weight is 274 g/mol. The molecule has 2 aromatic heterocycles. The van der Waals surface area contributed by atoms with E-state index in [1.54, 1.807) is 24.5 Å². The molecule has 2 rings (SSSR count). The molecule has 2 heterocycles. The Balaban J connectivity index is 2.23. The summed E-state index contributed by atoms with van der Waals surface area (Å²) in [5.41, 5.74) is 4.05. The Morgan fingerprint density at radius 2 is 2.25 bits per heavy atom. The van der Waals surface area contributed by atoms with Crippen LogP contribution in [0.4, 0.5) is 11.5 Å². The quantitative estimate of drug-likeness (QED) is 0.607. The van der Waals surface area contributed by atoms with E-state index in [2.05, 4.69) is 15.5 Å². The van der Waals surface area contributed by atoms with Gasteiger partial charge in [0.2, 0.25) is 0 Å². The maximum Gasteiger partial charge on any atom is 0.269 e. The van der Waals surface area contributed by atoms with E-state index in [4.69, 9.17) is 5.84 Å². The molecule has 0 radical (unpaired) electrons. The van der Waals surface area contributed by atoms with Crippen molar-refractivity contribution in [2.75, 3.05) is 23.9 Å². The standard InChI is InChI=1S/C13H18N6O/c1-3-18(2)11-7-13(20)19(16-8-11)9-10-4-5-15-12(6-10)17-14/h4-8H,3,9,14H2,1-2H3,(H,15,17). The second-order valence-electron chi connectivity index (χ2n) is 4.42. The van der Waals surface area contributed by atoms with E-state index in [1.165, 1.54) is 4.68 Å². The van der Waals surface area contributed by atoms with Crippen LogP contribution in [0, 0.1) is 0 Å². The largest absolute Gasteiger partial charge is 0.373 e.